The second-order valence-electron chi connectivity index (χ2n) is 4.87. The largest absolute Gasteiger partial charge is 0.401 e. The monoisotopic (exact) mass is 273 g/mol. The van der Waals surface area contributed by atoms with E-state index in [-0.39, 0.29) is 0 Å². The van der Waals surface area contributed by atoms with Crippen molar-refractivity contribution in [3.05, 3.63) is 23.8 Å². The molecule has 1 fully saturated rings. The van der Waals surface area contributed by atoms with E-state index in [0.29, 0.717) is 26.2 Å². The van der Waals surface area contributed by atoms with Gasteiger partial charge in [-0.05, 0) is 24.6 Å². The summed E-state index contributed by atoms with van der Waals surface area (Å²) in [6.45, 7) is 3.16. The Morgan fingerprint density at radius 1 is 1.16 bits per heavy atom. The van der Waals surface area contributed by atoms with E-state index < -0.39 is 12.7 Å². The Morgan fingerprint density at radius 2 is 1.79 bits per heavy atom. The maximum Gasteiger partial charge on any atom is 0.401 e. The van der Waals surface area contributed by atoms with Crippen molar-refractivity contribution in [1.29, 1.82) is 0 Å². The molecule has 0 amide bonds. The topological polar surface area (TPSA) is 32.5 Å². The smallest absolute Gasteiger partial charge is 0.398 e. The van der Waals surface area contributed by atoms with Crippen molar-refractivity contribution in [1.82, 2.24) is 4.90 Å². The molecule has 1 aliphatic rings. The summed E-state index contributed by atoms with van der Waals surface area (Å²) in [5.41, 5.74) is 8.58. The van der Waals surface area contributed by atoms with Crippen molar-refractivity contribution in [3.8, 4) is 0 Å². The van der Waals surface area contributed by atoms with E-state index in [1.54, 1.807) is 0 Å². The molecule has 0 atom stereocenters. The quantitative estimate of drug-likeness (QED) is 0.839. The van der Waals surface area contributed by atoms with Gasteiger partial charge < -0.3 is 10.6 Å². The maximum atomic E-state index is 12.3. The summed E-state index contributed by atoms with van der Waals surface area (Å²) in [7, 11) is 0. The molecule has 0 spiro atoms. The third kappa shape index (κ3) is 3.53. The molecular weight excluding hydrogens is 255 g/mol. The van der Waals surface area contributed by atoms with E-state index in [9.17, 15) is 13.2 Å². The molecule has 0 radical (unpaired) electrons. The highest BCUT2D eigenvalue weighted by Gasteiger charge is 2.32. The SMILES string of the molecule is Cc1c(N)cccc1N1CCN(CC(F)(F)F)CC1. The molecular formula is C13H18F3N3. The first kappa shape index (κ1) is 14.0. The molecule has 0 unspecified atom stereocenters. The molecule has 0 bridgehead atoms. The summed E-state index contributed by atoms with van der Waals surface area (Å²) >= 11 is 0. The van der Waals surface area contributed by atoms with E-state index in [1.165, 1.54) is 4.90 Å². The molecule has 6 heteroatoms. The second kappa shape index (κ2) is 5.28. The number of hydrogen-bond donors (Lipinski definition) is 1. The van der Waals surface area contributed by atoms with Crippen LogP contribution in [0.4, 0.5) is 24.5 Å². The number of hydrogen-bond acceptors (Lipinski definition) is 3. The molecule has 106 valence electrons. The lowest BCUT2D eigenvalue weighted by molar-refractivity contribution is -0.146. The zero-order valence-electron chi connectivity index (χ0n) is 10.9. The summed E-state index contributed by atoms with van der Waals surface area (Å²) in [5.74, 6) is 0. The van der Waals surface area contributed by atoms with Gasteiger partial charge in [0.1, 0.15) is 0 Å². The number of rotatable bonds is 2. The highest BCUT2D eigenvalue weighted by Crippen LogP contribution is 2.26. The first-order valence-electron chi connectivity index (χ1n) is 6.26. The molecule has 2 N–H and O–H groups in total. The van der Waals surface area contributed by atoms with Gasteiger partial charge in [0.15, 0.2) is 0 Å². The predicted molar refractivity (Wildman–Crippen MR) is 70.3 cm³/mol. The summed E-state index contributed by atoms with van der Waals surface area (Å²) in [4.78, 5) is 3.54. The summed E-state index contributed by atoms with van der Waals surface area (Å²) in [6, 6.07) is 5.67. The average Bonchev–Trinajstić information content (AvgIpc) is 2.32. The Morgan fingerprint density at radius 3 is 2.37 bits per heavy atom. The highest BCUT2D eigenvalue weighted by atomic mass is 19.4. The normalized spacial score (nSPS) is 17.8. The van der Waals surface area contributed by atoms with E-state index in [1.807, 2.05) is 25.1 Å². The van der Waals surface area contributed by atoms with Crippen LogP contribution in [0.25, 0.3) is 0 Å². The van der Waals surface area contributed by atoms with Gasteiger partial charge in [-0.3, -0.25) is 4.90 Å². The number of nitrogens with two attached hydrogens (primary N) is 1. The number of halogens is 3. The molecule has 0 saturated carbocycles. The lowest BCUT2D eigenvalue weighted by Crippen LogP contribution is -2.49. The van der Waals surface area contributed by atoms with Crippen molar-refractivity contribution < 1.29 is 13.2 Å². The van der Waals surface area contributed by atoms with Crippen LogP contribution >= 0.6 is 0 Å². The first-order chi connectivity index (χ1) is 8.87. The van der Waals surface area contributed by atoms with Gasteiger partial charge in [-0.15, -0.1) is 0 Å². The average molecular weight is 273 g/mol. The summed E-state index contributed by atoms with van der Waals surface area (Å²) in [6.07, 6.45) is -4.12. The third-order valence-corrected chi connectivity index (χ3v) is 3.46. The van der Waals surface area contributed by atoms with Gasteiger partial charge in [0.05, 0.1) is 6.54 Å². The van der Waals surface area contributed by atoms with Crippen molar-refractivity contribution in [3.63, 3.8) is 0 Å². The lowest BCUT2D eigenvalue weighted by Gasteiger charge is -2.37. The van der Waals surface area contributed by atoms with Gasteiger partial charge >= 0.3 is 6.18 Å². The van der Waals surface area contributed by atoms with Gasteiger partial charge in [-0.2, -0.15) is 13.2 Å². The third-order valence-electron chi connectivity index (χ3n) is 3.46. The zero-order chi connectivity index (χ0) is 14.0. The van der Waals surface area contributed by atoms with Crippen LogP contribution in [0.3, 0.4) is 0 Å². The molecule has 1 heterocycles. The van der Waals surface area contributed by atoms with Crippen LogP contribution in [-0.4, -0.2) is 43.8 Å². The number of alkyl halides is 3. The van der Waals surface area contributed by atoms with E-state index in [2.05, 4.69) is 4.90 Å². The van der Waals surface area contributed by atoms with Crippen molar-refractivity contribution in [2.24, 2.45) is 0 Å². The number of nitrogen functional groups attached to an aromatic ring is 1. The van der Waals surface area contributed by atoms with E-state index >= 15 is 0 Å². The van der Waals surface area contributed by atoms with Crippen LogP contribution in [0.2, 0.25) is 0 Å². The van der Waals surface area contributed by atoms with Crippen LogP contribution < -0.4 is 10.6 Å². The van der Waals surface area contributed by atoms with Gasteiger partial charge in [0, 0.05) is 37.6 Å². The molecule has 1 aliphatic heterocycles. The Labute approximate surface area is 110 Å². The molecule has 19 heavy (non-hydrogen) atoms. The minimum atomic E-state index is -4.12. The molecule has 2 rings (SSSR count). The molecule has 0 aliphatic carbocycles. The fourth-order valence-electron chi connectivity index (χ4n) is 2.38. The van der Waals surface area contributed by atoms with Gasteiger partial charge in [0.25, 0.3) is 0 Å². The fraction of sp³-hybridized carbons (Fsp3) is 0.538. The molecule has 3 nitrogen and oxygen atoms in total. The van der Waals surface area contributed by atoms with Crippen LogP contribution in [0, 0.1) is 6.92 Å². The Kier molecular flexibility index (Phi) is 3.89. The number of piperazine rings is 1. The Bertz CT molecular complexity index is 437. The molecule has 1 aromatic rings. The van der Waals surface area contributed by atoms with Crippen LogP contribution in [-0.2, 0) is 0 Å². The number of anilines is 2. The standard InChI is InChI=1S/C13H18F3N3/c1-10-11(17)3-2-4-12(10)19-7-5-18(6-8-19)9-13(14,15)16/h2-4H,5-9,17H2,1H3. The van der Waals surface area contributed by atoms with E-state index in [0.717, 1.165) is 16.9 Å². The lowest BCUT2D eigenvalue weighted by atomic mass is 10.1. The highest BCUT2D eigenvalue weighted by molar-refractivity contribution is 5.64. The van der Waals surface area contributed by atoms with Crippen LogP contribution in [0.1, 0.15) is 5.56 Å². The Hall–Kier alpha value is -1.43. The van der Waals surface area contributed by atoms with Crippen LogP contribution in [0.5, 0.6) is 0 Å². The first-order valence-corrected chi connectivity index (χ1v) is 6.26. The van der Waals surface area contributed by atoms with Gasteiger partial charge in [-0.25, -0.2) is 0 Å². The minimum absolute atomic E-state index is 0.424. The fourth-order valence-corrected chi connectivity index (χ4v) is 2.38. The zero-order valence-corrected chi connectivity index (χ0v) is 10.9. The van der Waals surface area contributed by atoms with Gasteiger partial charge in [0.2, 0.25) is 0 Å². The number of nitrogens with zero attached hydrogens (tertiary/aromatic N) is 2. The second-order valence-corrected chi connectivity index (χ2v) is 4.87. The van der Waals surface area contributed by atoms with Crippen molar-refractivity contribution >= 4 is 11.4 Å². The Balaban J connectivity index is 1.98. The molecule has 1 saturated heterocycles. The summed E-state index contributed by atoms with van der Waals surface area (Å²) < 4.78 is 36.9. The molecule has 1 aromatic carbocycles. The number of benzene rings is 1. The van der Waals surface area contributed by atoms with Crippen molar-refractivity contribution in [2.45, 2.75) is 13.1 Å². The van der Waals surface area contributed by atoms with Gasteiger partial charge in [-0.1, -0.05) is 6.07 Å². The van der Waals surface area contributed by atoms with Crippen LogP contribution in [0.15, 0.2) is 18.2 Å². The maximum absolute atomic E-state index is 12.3. The van der Waals surface area contributed by atoms with Crippen molar-refractivity contribution in [2.75, 3.05) is 43.4 Å². The van der Waals surface area contributed by atoms with E-state index in [4.69, 9.17) is 5.73 Å². The molecule has 0 aromatic heterocycles. The summed E-state index contributed by atoms with van der Waals surface area (Å²) in [5, 5.41) is 0. The minimum Gasteiger partial charge on any atom is -0.398 e. The predicted octanol–water partition coefficient (Wildman–Crippen LogP) is 2.26.